The molecule has 0 aliphatic carbocycles. The van der Waals surface area contributed by atoms with Crippen LogP contribution in [0, 0.1) is 5.82 Å². The zero-order valence-corrected chi connectivity index (χ0v) is 9.17. The number of nitrogens with zero attached hydrogens (tertiary/aromatic N) is 1. The van der Waals surface area contributed by atoms with E-state index >= 15 is 0 Å². The lowest BCUT2D eigenvalue weighted by molar-refractivity contribution is 0.504. The molecule has 0 unspecified atom stereocenters. The van der Waals surface area contributed by atoms with Crippen molar-refractivity contribution in [3.05, 3.63) is 41.1 Å². The Bertz CT molecular complexity index is 478. The molecule has 0 aliphatic rings. The molecule has 3 nitrogen and oxygen atoms in total. The van der Waals surface area contributed by atoms with Crippen LogP contribution in [0.5, 0.6) is 0 Å². The molecule has 0 spiro atoms. The predicted octanol–water partition coefficient (Wildman–Crippen LogP) is 2.64. The van der Waals surface area contributed by atoms with Gasteiger partial charge in [-0.05, 0) is 12.1 Å². The van der Waals surface area contributed by atoms with Crippen molar-refractivity contribution in [3.63, 3.8) is 0 Å². The molecule has 16 heavy (non-hydrogen) atoms. The quantitative estimate of drug-likeness (QED) is 0.897. The second-order valence-corrected chi connectivity index (χ2v) is 3.66. The smallest absolute Gasteiger partial charge is 0.196 e. The van der Waals surface area contributed by atoms with Crippen molar-refractivity contribution in [2.75, 3.05) is 6.54 Å². The zero-order chi connectivity index (χ0) is 11.5. The lowest BCUT2D eigenvalue weighted by Crippen LogP contribution is -2.02. The summed E-state index contributed by atoms with van der Waals surface area (Å²) >= 11 is 5.90. The third-order valence-corrected chi connectivity index (χ3v) is 2.44. The van der Waals surface area contributed by atoms with Crippen LogP contribution in [-0.4, -0.2) is 11.5 Å². The van der Waals surface area contributed by atoms with Crippen LogP contribution in [0.1, 0.15) is 5.89 Å². The maximum absolute atomic E-state index is 13.5. The summed E-state index contributed by atoms with van der Waals surface area (Å²) in [5.74, 6) is 0.381. The van der Waals surface area contributed by atoms with E-state index in [1.54, 1.807) is 12.1 Å². The van der Waals surface area contributed by atoms with Gasteiger partial charge in [-0.1, -0.05) is 17.7 Å². The highest BCUT2D eigenvalue weighted by Gasteiger charge is 2.14. The highest BCUT2D eigenvalue weighted by Crippen LogP contribution is 2.30. The van der Waals surface area contributed by atoms with Crippen LogP contribution in [0.2, 0.25) is 5.02 Å². The second-order valence-electron chi connectivity index (χ2n) is 3.25. The molecule has 5 heteroatoms. The van der Waals surface area contributed by atoms with Crippen LogP contribution in [0.4, 0.5) is 4.39 Å². The molecule has 2 rings (SSSR count). The number of benzene rings is 1. The van der Waals surface area contributed by atoms with Gasteiger partial charge in [0.25, 0.3) is 0 Å². The third kappa shape index (κ3) is 2.08. The number of aromatic nitrogens is 1. The lowest BCUT2D eigenvalue weighted by Gasteiger charge is -2.01. The van der Waals surface area contributed by atoms with Crippen LogP contribution < -0.4 is 5.73 Å². The van der Waals surface area contributed by atoms with Crippen LogP contribution in [0.25, 0.3) is 11.3 Å². The van der Waals surface area contributed by atoms with Gasteiger partial charge in [-0.25, -0.2) is 9.37 Å². The van der Waals surface area contributed by atoms with E-state index in [-0.39, 0.29) is 5.56 Å². The molecular formula is C11H10ClFN2O. The van der Waals surface area contributed by atoms with E-state index in [1.165, 1.54) is 12.3 Å². The van der Waals surface area contributed by atoms with Gasteiger partial charge in [-0.15, -0.1) is 0 Å². The number of nitrogens with two attached hydrogens (primary N) is 1. The van der Waals surface area contributed by atoms with Crippen molar-refractivity contribution >= 4 is 11.6 Å². The molecule has 0 amide bonds. The van der Waals surface area contributed by atoms with Gasteiger partial charge < -0.3 is 10.2 Å². The fourth-order valence-electron chi connectivity index (χ4n) is 1.40. The summed E-state index contributed by atoms with van der Waals surface area (Å²) in [5, 5.41) is 0.301. The molecule has 84 valence electrons. The fourth-order valence-corrected chi connectivity index (χ4v) is 1.65. The van der Waals surface area contributed by atoms with Gasteiger partial charge in [0.2, 0.25) is 0 Å². The minimum absolute atomic E-state index is 0.236. The van der Waals surface area contributed by atoms with Gasteiger partial charge in [0.05, 0.1) is 16.8 Å². The maximum atomic E-state index is 13.5. The Morgan fingerprint density at radius 3 is 2.94 bits per heavy atom. The van der Waals surface area contributed by atoms with Crippen LogP contribution in [0.15, 0.2) is 28.8 Å². The number of halogens is 2. The normalized spacial score (nSPS) is 10.7. The Morgan fingerprint density at radius 2 is 2.25 bits per heavy atom. The molecule has 0 aliphatic heterocycles. The van der Waals surface area contributed by atoms with Crippen molar-refractivity contribution < 1.29 is 8.81 Å². The van der Waals surface area contributed by atoms with Crippen molar-refractivity contribution in [2.45, 2.75) is 6.42 Å². The molecule has 1 aromatic carbocycles. The summed E-state index contributed by atoms with van der Waals surface area (Å²) < 4.78 is 18.9. The van der Waals surface area contributed by atoms with Crippen molar-refractivity contribution in [3.8, 4) is 11.3 Å². The van der Waals surface area contributed by atoms with Gasteiger partial charge >= 0.3 is 0 Å². The molecule has 2 N–H and O–H groups in total. The average molecular weight is 241 g/mol. The van der Waals surface area contributed by atoms with Gasteiger partial charge in [0.15, 0.2) is 11.7 Å². The number of oxazole rings is 1. The lowest BCUT2D eigenvalue weighted by atomic mass is 10.2. The minimum atomic E-state index is -0.428. The average Bonchev–Trinajstić information content (AvgIpc) is 2.67. The summed E-state index contributed by atoms with van der Waals surface area (Å²) in [6.07, 6.45) is 1.97. The van der Waals surface area contributed by atoms with E-state index in [1.807, 2.05) is 0 Å². The second kappa shape index (κ2) is 4.63. The van der Waals surface area contributed by atoms with Crippen LogP contribution in [0.3, 0.4) is 0 Å². The molecule has 0 saturated carbocycles. The first-order chi connectivity index (χ1) is 7.72. The van der Waals surface area contributed by atoms with E-state index in [4.69, 9.17) is 21.8 Å². The Labute approximate surface area is 97.0 Å². The largest absolute Gasteiger partial charge is 0.441 e. The summed E-state index contributed by atoms with van der Waals surface area (Å²) in [5.41, 5.74) is 5.60. The van der Waals surface area contributed by atoms with Gasteiger partial charge in [-0.2, -0.15) is 0 Å². The summed E-state index contributed by atoms with van der Waals surface area (Å²) in [7, 11) is 0. The SMILES string of the molecule is NCCc1ncc(-c2c(F)cccc2Cl)o1. The molecule has 0 fully saturated rings. The Balaban J connectivity index is 2.42. The summed E-state index contributed by atoms with van der Waals surface area (Å²) in [4.78, 5) is 3.99. The summed E-state index contributed by atoms with van der Waals surface area (Å²) in [6, 6.07) is 4.47. The molecule has 0 radical (unpaired) electrons. The highest BCUT2D eigenvalue weighted by atomic mass is 35.5. The van der Waals surface area contributed by atoms with Gasteiger partial charge in [0.1, 0.15) is 5.82 Å². The van der Waals surface area contributed by atoms with Crippen LogP contribution >= 0.6 is 11.6 Å². The van der Waals surface area contributed by atoms with E-state index in [0.29, 0.717) is 29.6 Å². The Morgan fingerprint density at radius 1 is 1.44 bits per heavy atom. The van der Waals surface area contributed by atoms with E-state index in [9.17, 15) is 4.39 Å². The van der Waals surface area contributed by atoms with Crippen molar-refractivity contribution in [1.29, 1.82) is 0 Å². The molecule has 2 aromatic rings. The van der Waals surface area contributed by atoms with E-state index in [2.05, 4.69) is 4.98 Å². The fraction of sp³-hybridized carbons (Fsp3) is 0.182. The first kappa shape index (κ1) is 11.1. The van der Waals surface area contributed by atoms with E-state index < -0.39 is 5.82 Å². The predicted molar refractivity (Wildman–Crippen MR) is 59.7 cm³/mol. The van der Waals surface area contributed by atoms with Crippen molar-refractivity contribution in [2.24, 2.45) is 5.73 Å². The van der Waals surface area contributed by atoms with E-state index in [0.717, 1.165) is 0 Å². The topological polar surface area (TPSA) is 52.0 Å². The first-order valence-corrected chi connectivity index (χ1v) is 5.19. The minimum Gasteiger partial charge on any atom is -0.441 e. The number of hydrogen-bond donors (Lipinski definition) is 1. The number of hydrogen-bond acceptors (Lipinski definition) is 3. The Kier molecular flexibility index (Phi) is 3.22. The van der Waals surface area contributed by atoms with Gasteiger partial charge in [-0.3, -0.25) is 0 Å². The maximum Gasteiger partial charge on any atom is 0.196 e. The van der Waals surface area contributed by atoms with Crippen molar-refractivity contribution in [1.82, 2.24) is 4.98 Å². The van der Waals surface area contributed by atoms with Gasteiger partial charge in [0, 0.05) is 13.0 Å². The number of rotatable bonds is 3. The monoisotopic (exact) mass is 240 g/mol. The molecule has 0 atom stereocenters. The van der Waals surface area contributed by atoms with Crippen LogP contribution in [-0.2, 0) is 6.42 Å². The third-order valence-electron chi connectivity index (χ3n) is 2.12. The summed E-state index contributed by atoms with van der Waals surface area (Å²) in [6.45, 7) is 0.435. The highest BCUT2D eigenvalue weighted by molar-refractivity contribution is 6.33. The molecule has 1 heterocycles. The standard InChI is InChI=1S/C11H10ClFN2O/c12-7-2-1-3-8(13)11(7)9-6-15-10(16-9)4-5-14/h1-3,6H,4-5,14H2. The molecular weight excluding hydrogens is 231 g/mol. The molecule has 1 aromatic heterocycles. The Hall–Kier alpha value is -1.39. The molecule has 0 bridgehead atoms. The first-order valence-electron chi connectivity index (χ1n) is 4.81. The zero-order valence-electron chi connectivity index (χ0n) is 8.41. The molecule has 0 saturated heterocycles.